The summed E-state index contributed by atoms with van der Waals surface area (Å²) in [6.07, 6.45) is 3.62. The normalized spacial score (nSPS) is 12.3. The quantitative estimate of drug-likeness (QED) is 0.790. The van der Waals surface area contributed by atoms with Crippen molar-refractivity contribution >= 4 is 27.9 Å². The second kappa shape index (κ2) is 5.46. The van der Waals surface area contributed by atoms with E-state index in [-0.39, 0.29) is 6.04 Å². The van der Waals surface area contributed by atoms with E-state index in [2.05, 4.69) is 22.2 Å². The van der Waals surface area contributed by atoms with Gasteiger partial charge in [0.2, 0.25) is 0 Å². The van der Waals surface area contributed by atoms with Crippen LogP contribution in [0.25, 0.3) is 10.9 Å². The van der Waals surface area contributed by atoms with Crippen LogP contribution < -0.4 is 10.1 Å². The van der Waals surface area contributed by atoms with Gasteiger partial charge in [-0.1, -0.05) is 12.1 Å². The highest BCUT2D eigenvalue weighted by Gasteiger charge is 2.11. The molecule has 1 aromatic carbocycles. The standard InChI is InChI=1S/C15H15N3OS/c1-10(15-17-8-9-20-15)18-12-6-7-16-14-11(12)4-3-5-13(14)19-2/h3-10H,1-2H3,(H,16,18). The van der Waals surface area contributed by atoms with Crippen molar-refractivity contribution in [1.29, 1.82) is 0 Å². The highest BCUT2D eigenvalue weighted by molar-refractivity contribution is 7.09. The maximum atomic E-state index is 5.36. The number of anilines is 1. The third-order valence-electron chi connectivity index (χ3n) is 3.15. The van der Waals surface area contributed by atoms with Gasteiger partial charge >= 0.3 is 0 Å². The molecule has 0 aliphatic heterocycles. The molecule has 20 heavy (non-hydrogen) atoms. The lowest BCUT2D eigenvalue weighted by molar-refractivity contribution is 0.419. The number of nitrogens with zero attached hydrogens (tertiary/aromatic N) is 2. The summed E-state index contributed by atoms with van der Waals surface area (Å²) in [5.74, 6) is 0.785. The molecule has 5 heteroatoms. The Labute approximate surface area is 121 Å². The molecule has 1 unspecified atom stereocenters. The first kappa shape index (κ1) is 12.9. The Morgan fingerprint density at radius 1 is 1.20 bits per heavy atom. The summed E-state index contributed by atoms with van der Waals surface area (Å²) in [4.78, 5) is 8.75. The second-order valence-corrected chi connectivity index (χ2v) is 5.38. The van der Waals surface area contributed by atoms with E-state index in [4.69, 9.17) is 4.74 Å². The number of ether oxygens (including phenoxy) is 1. The molecule has 0 saturated carbocycles. The number of hydrogen-bond donors (Lipinski definition) is 1. The minimum Gasteiger partial charge on any atom is -0.494 e. The van der Waals surface area contributed by atoms with Crippen molar-refractivity contribution in [3.05, 3.63) is 47.0 Å². The summed E-state index contributed by atoms with van der Waals surface area (Å²) in [5, 5.41) is 7.60. The molecule has 3 aromatic rings. The van der Waals surface area contributed by atoms with E-state index in [1.807, 2.05) is 35.8 Å². The number of benzene rings is 1. The van der Waals surface area contributed by atoms with Gasteiger partial charge in [0.1, 0.15) is 16.3 Å². The fraction of sp³-hybridized carbons (Fsp3) is 0.200. The summed E-state index contributed by atoms with van der Waals surface area (Å²) in [6.45, 7) is 2.10. The van der Waals surface area contributed by atoms with Crippen LogP contribution in [0.5, 0.6) is 5.75 Å². The van der Waals surface area contributed by atoms with Gasteiger partial charge in [-0.05, 0) is 19.1 Å². The van der Waals surface area contributed by atoms with Gasteiger partial charge in [0.25, 0.3) is 0 Å². The number of methoxy groups -OCH3 is 1. The van der Waals surface area contributed by atoms with Crippen LogP contribution in [0.1, 0.15) is 18.0 Å². The average molecular weight is 285 g/mol. The third-order valence-corrected chi connectivity index (χ3v) is 4.11. The molecule has 2 aromatic heterocycles. The van der Waals surface area contributed by atoms with Gasteiger partial charge in [-0.25, -0.2) is 4.98 Å². The molecule has 1 N–H and O–H groups in total. The van der Waals surface area contributed by atoms with Crippen molar-refractivity contribution in [3.63, 3.8) is 0 Å². The summed E-state index contributed by atoms with van der Waals surface area (Å²) in [6, 6.07) is 8.07. The number of pyridine rings is 1. The number of hydrogen-bond acceptors (Lipinski definition) is 5. The Bertz CT molecular complexity index is 712. The molecule has 0 aliphatic rings. The lowest BCUT2D eigenvalue weighted by atomic mass is 10.1. The zero-order valence-corrected chi connectivity index (χ0v) is 12.1. The summed E-state index contributed by atoms with van der Waals surface area (Å²) >= 11 is 1.65. The first-order valence-corrected chi connectivity index (χ1v) is 7.25. The Hall–Kier alpha value is -2.14. The fourth-order valence-corrected chi connectivity index (χ4v) is 2.83. The maximum Gasteiger partial charge on any atom is 0.145 e. The maximum absolute atomic E-state index is 5.36. The van der Waals surface area contributed by atoms with Crippen LogP contribution in [0.4, 0.5) is 5.69 Å². The smallest absolute Gasteiger partial charge is 0.145 e. The van der Waals surface area contributed by atoms with Crippen LogP contribution in [0.2, 0.25) is 0 Å². The van der Waals surface area contributed by atoms with Crippen molar-refractivity contribution in [1.82, 2.24) is 9.97 Å². The topological polar surface area (TPSA) is 47.0 Å². The molecule has 4 nitrogen and oxygen atoms in total. The Balaban J connectivity index is 2.00. The number of thiazole rings is 1. The van der Waals surface area contributed by atoms with Gasteiger partial charge in [-0.3, -0.25) is 4.98 Å². The molecule has 0 bridgehead atoms. The highest BCUT2D eigenvalue weighted by Crippen LogP contribution is 2.30. The lowest BCUT2D eigenvalue weighted by Gasteiger charge is -2.15. The van der Waals surface area contributed by atoms with E-state index in [0.717, 1.165) is 27.3 Å². The van der Waals surface area contributed by atoms with Crippen molar-refractivity contribution < 1.29 is 4.74 Å². The zero-order chi connectivity index (χ0) is 13.9. The Kier molecular flexibility index (Phi) is 3.52. The van der Waals surface area contributed by atoms with Crippen LogP contribution in [0.3, 0.4) is 0 Å². The average Bonchev–Trinajstić information content (AvgIpc) is 3.01. The molecule has 0 aliphatic carbocycles. The van der Waals surface area contributed by atoms with Gasteiger partial charge in [0, 0.05) is 28.8 Å². The molecule has 1 atom stereocenters. The molecule has 0 fully saturated rings. The zero-order valence-electron chi connectivity index (χ0n) is 11.3. The first-order valence-electron chi connectivity index (χ1n) is 6.37. The third kappa shape index (κ3) is 2.32. The minimum atomic E-state index is 0.159. The van der Waals surface area contributed by atoms with Crippen LogP contribution in [0, 0.1) is 0 Å². The SMILES string of the molecule is COc1cccc2c(NC(C)c3nccs3)ccnc12. The van der Waals surface area contributed by atoms with Crippen LogP contribution in [-0.2, 0) is 0 Å². The summed E-state index contributed by atoms with van der Waals surface area (Å²) in [7, 11) is 1.66. The first-order chi connectivity index (χ1) is 9.79. The van der Waals surface area contributed by atoms with E-state index in [0.29, 0.717) is 0 Å². The summed E-state index contributed by atoms with van der Waals surface area (Å²) < 4.78 is 5.36. The van der Waals surface area contributed by atoms with E-state index in [1.54, 1.807) is 24.6 Å². The fourth-order valence-electron chi connectivity index (χ4n) is 2.18. The van der Waals surface area contributed by atoms with Crippen LogP contribution in [-0.4, -0.2) is 17.1 Å². The van der Waals surface area contributed by atoms with Gasteiger partial charge in [-0.2, -0.15) is 0 Å². The molecular formula is C15H15N3OS. The van der Waals surface area contributed by atoms with E-state index in [1.165, 1.54) is 0 Å². The predicted octanol–water partition coefficient (Wildman–Crippen LogP) is 3.87. The minimum absolute atomic E-state index is 0.159. The number of aromatic nitrogens is 2. The van der Waals surface area contributed by atoms with Crippen molar-refractivity contribution in [3.8, 4) is 5.75 Å². The lowest BCUT2D eigenvalue weighted by Crippen LogP contribution is -2.06. The van der Waals surface area contributed by atoms with Gasteiger partial charge in [0.05, 0.1) is 13.2 Å². The molecule has 102 valence electrons. The van der Waals surface area contributed by atoms with Crippen LogP contribution >= 0.6 is 11.3 Å². The van der Waals surface area contributed by atoms with Crippen LogP contribution in [0.15, 0.2) is 42.0 Å². The molecule has 3 rings (SSSR count). The second-order valence-electron chi connectivity index (χ2n) is 4.45. The molecule has 2 heterocycles. The van der Waals surface area contributed by atoms with E-state index in [9.17, 15) is 0 Å². The molecule has 0 radical (unpaired) electrons. The van der Waals surface area contributed by atoms with Crippen molar-refractivity contribution in [2.24, 2.45) is 0 Å². The van der Waals surface area contributed by atoms with Crippen molar-refractivity contribution in [2.45, 2.75) is 13.0 Å². The van der Waals surface area contributed by atoms with Gasteiger partial charge < -0.3 is 10.1 Å². The van der Waals surface area contributed by atoms with E-state index >= 15 is 0 Å². The van der Waals surface area contributed by atoms with Gasteiger partial charge in [-0.15, -0.1) is 11.3 Å². The number of para-hydroxylation sites is 1. The largest absolute Gasteiger partial charge is 0.494 e. The number of rotatable bonds is 4. The monoisotopic (exact) mass is 285 g/mol. The molecule has 0 spiro atoms. The highest BCUT2D eigenvalue weighted by atomic mass is 32.1. The molecule has 0 amide bonds. The van der Waals surface area contributed by atoms with Crippen molar-refractivity contribution in [2.75, 3.05) is 12.4 Å². The summed E-state index contributed by atoms with van der Waals surface area (Å²) in [5.41, 5.74) is 1.91. The van der Waals surface area contributed by atoms with E-state index < -0.39 is 0 Å². The number of nitrogens with one attached hydrogen (secondary N) is 1. The molecule has 0 saturated heterocycles. The molecular weight excluding hydrogens is 270 g/mol. The number of fused-ring (bicyclic) bond motifs is 1. The Morgan fingerprint density at radius 3 is 2.85 bits per heavy atom. The predicted molar refractivity (Wildman–Crippen MR) is 82.4 cm³/mol. The van der Waals surface area contributed by atoms with Gasteiger partial charge in [0.15, 0.2) is 0 Å². The Morgan fingerprint density at radius 2 is 2.10 bits per heavy atom.